The van der Waals surface area contributed by atoms with Crippen molar-refractivity contribution in [3.63, 3.8) is 0 Å². The number of hydrogen-bond acceptors (Lipinski definition) is 4. The van der Waals surface area contributed by atoms with E-state index in [1.807, 2.05) is 24.3 Å². The highest BCUT2D eigenvalue weighted by Crippen LogP contribution is 2.29. The first kappa shape index (κ1) is 20.5. The molecule has 3 aromatic rings. The molecule has 2 aromatic carbocycles. The summed E-state index contributed by atoms with van der Waals surface area (Å²) in [5, 5.41) is 8.39. The molecule has 6 heteroatoms. The fourth-order valence-electron chi connectivity index (χ4n) is 4.10. The minimum atomic E-state index is -0.0937. The van der Waals surface area contributed by atoms with Crippen molar-refractivity contribution in [3.05, 3.63) is 65.2 Å². The van der Waals surface area contributed by atoms with Crippen LogP contribution in [0.3, 0.4) is 0 Å². The van der Waals surface area contributed by atoms with Gasteiger partial charge < -0.3 is 15.5 Å². The van der Waals surface area contributed by atoms with Crippen molar-refractivity contribution >= 4 is 39.9 Å². The highest BCUT2D eigenvalue weighted by Gasteiger charge is 2.24. The van der Waals surface area contributed by atoms with Crippen LogP contribution >= 0.6 is 11.6 Å². The van der Waals surface area contributed by atoms with Gasteiger partial charge in [-0.05, 0) is 43.9 Å². The van der Waals surface area contributed by atoms with Gasteiger partial charge in [-0.2, -0.15) is 0 Å². The van der Waals surface area contributed by atoms with E-state index in [0.717, 1.165) is 48.1 Å². The smallest absolute Gasteiger partial charge is 0.253 e. The maximum Gasteiger partial charge on any atom is 0.253 e. The van der Waals surface area contributed by atoms with Crippen LogP contribution in [-0.2, 0) is 0 Å². The minimum absolute atomic E-state index is 0.0937. The Labute approximate surface area is 182 Å². The summed E-state index contributed by atoms with van der Waals surface area (Å²) in [5.74, 6) is 0.810. The number of hydrogen-bond donors (Lipinski definition) is 2. The van der Waals surface area contributed by atoms with Crippen molar-refractivity contribution in [2.24, 2.45) is 0 Å². The number of aromatic nitrogens is 1. The van der Waals surface area contributed by atoms with Gasteiger partial charge >= 0.3 is 0 Å². The van der Waals surface area contributed by atoms with Gasteiger partial charge in [0, 0.05) is 43.3 Å². The van der Waals surface area contributed by atoms with Gasteiger partial charge in [-0.3, -0.25) is 4.79 Å². The number of fused-ring (bicyclic) bond motifs is 1. The maximum absolute atomic E-state index is 12.5. The SMILES string of the molecule is CN(C)c1cc(NC2CCC(NC(=O)c3ccccc3Cl)CC2)nc2ccccc12. The van der Waals surface area contributed by atoms with E-state index in [4.69, 9.17) is 16.6 Å². The molecule has 0 radical (unpaired) electrons. The molecule has 30 heavy (non-hydrogen) atoms. The highest BCUT2D eigenvalue weighted by atomic mass is 35.5. The molecule has 1 heterocycles. The van der Waals surface area contributed by atoms with Gasteiger partial charge in [0.05, 0.1) is 16.1 Å². The summed E-state index contributed by atoms with van der Waals surface area (Å²) < 4.78 is 0. The lowest BCUT2D eigenvalue weighted by Crippen LogP contribution is -2.40. The summed E-state index contributed by atoms with van der Waals surface area (Å²) in [7, 11) is 4.11. The monoisotopic (exact) mass is 422 g/mol. The summed E-state index contributed by atoms with van der Waals surface area (Å²) >= 11 is 6.15. The van der Waals surface area contributed by atoms with Gasteiger partial charge in [-0.1, -0.05) is 41.9 Å². The number of rotatable bonds is 5. The molecule has 1 aliphatic carbocycles. The molecule has 1 aliphatic rings. The van der Waals surface area contributed by atoms with E-state index in [9.17, 15) is 4.79 Å². The topological polar surface area (TPSA) is 57.3 Å². The Morgan fingerprint density at radius 3 is 2.40 bits per heavy atom. The Kier molecular flexibility index (Phi) is 6.09. The first-order chi connectivity index (χ1) is 14.5. The Morgan fingerprint density at radius 1 is 1.00 bits per heavy atom. The van der Waals surface area contributed by atoms with E-state index < -0.39 is 0 Å². The summed E-state index contributed by atoms with van der Waals surface area (Å²) in [6, 6.07) is 18.0. The number of pyridine rings is 1. The zero-order valence-electron chi connectivity index (χ0n) is 17.4. The molecular formula is C24H27ClN4O. The molecule has 156 valence electrons. The average molecular weight is 423 g/mol. The molecule has 1 amide bonds. The lowest BCUT2D eigenvalue weighted by Gasteiger charge is -2.30. The molecule has 0 saturated heterocycles. The second-order valence-electron chi connectivity index (χ2n) is 8.08. The summed E-state index contributed by atoms with van der Waals surface area (Å²) in [4.78, 5) is 19.4. The van der Waals surface area contributed by atoms with Crippen LogP contribution in [0.15, 0.2) is 54.6 Å². The van der Waals surface area contributed by atoms with Gasteiger partial charge in [0.15, 0.2) is 0 Å². The van der Waals surface area contributed by atoms with Crippen molar-refractivity contribution in [2.75, 3.05) is 24.3 Å². The number of nitrogens with one attached hydrogen (secondary N) is 2. The standard InChI is InChI=1S/C24H27ClN4O/c1-29(2)22-15-23(28-21-10-6-4-8-19(21)22)26-16-11-13-17(14-12-16)27-24(30)18-7-3-5-9-20(18)25/h3-10,15-17H,11-14H2,1-2H3,(H,26,28)(H,27,30). The third-order valence-electron chi connectivity index (χ3n) is 5.71. The number of halogens is 1. The van der Waals surface area contributed by atoms with E-state index in [1.165, 1.54) is 0 Å². The van der Waals surface area contributed by atoms with E-state index >= 15 is 0 Å². The van der Waals surface area contributed by atoms with E-state index in [2.05, 4.69) is 47.8 Å². The third-order valence-corrected chi connectivity index (χ3v) is 6.04. The Bertz CT molecular complexity index is 1040. The van der Waals surface area contributed by atoms with Crippen molar-refractivity contribution < 1.29 is 4.79 Å². The van der Waals surface area contributed by atoms with Crippen LogP contribution < -0.4 is 15.5 Å². The zero-order chi connectivity index (χ0) is 21.1. The molecule has 2 N–H and O–H groups in total. The molecule has 1 aromatic heterocycles. The Balaban J connectivity index is 1.38. The maximum atomic E-state index is 12.5. The van der Waals surface area contributed by atoms with Crippen LogP contribution in [0, 0.1) is 0 Å². The normalized spacial score (nSPS) is 18.8. The lowest BCUT2D eigenvalue weighted by atomic mass is 9.91. The lowest BCUT2D eigenvalue weighted by molar-refractivity contribution is 0.0926. The Hall–Kier alpha value is -2.79. The third kappa shape index (κ3) is 4.51. The second-order valence-corrected chi connectivity index (χ2v) is 8.49. The van der Waals surface area contributed by atoms with Crippen LogP contribution in [-0.4, -0.2) is 37.1 Å². The number of carbonyl (C=O) groups excluding carboxylic acids is 1. The number of benzene rings is 2. The zero-order valence-corrected chi connectivity index (χ0v) is 18.1. The molecule has 0 bridgehead atoms. The van der Waals surface area contributed by atoms with Crippen molar-refractivity contribution in [3.8, 4) is 0 Å². The molecule has 0 aliphatic heterocycles. The highest BCUT2D eigenvalue weighted by molar-refractivity contribution is 6.33. The molecule has 0 spiro atoms. The molecule has 0 atom stereocenters. The molecule has 0 unspecified atom stereocenters. The predicted octanol–water partition coefficient (Wildman–Crippen LogP) is 5.11. The molecular weight excluding hydrogens is 396 g/mol. The number of anilines is 2. The average Bonchev–Trinajstić information content (AvgIpc) is 2.74. The molecule has 5 nitrogen and oxygen atoms in total. The van der Waals surface area contributed by atoms with Gasteiger partial charge in [0.1, 0.15) is 5.82 Å². The number of para-hydroxylation sites is 1. The fourth-order valence-corrected chi connectivity index (χ4v) is 4.32. The first-order valence-electron chi connectivity index (χ1n) is 10.4. The van der Waals surface area contributed by atoms with Crippen LogP contribution in [0.2, 0.25) is 5.02 Å². The van der Waals surface area contributed by atoms with Gasteiger partial charge in [-0.15, -0.1) is 0 Å². The quantitative estimate of drug-likeness (QED) is 0.600. The van der Waals surface area contributed by atoms with E-state index in [1.54, 1.807) is 12.1 Å². The van der Waals surface area contributed by atoms with Gasteiger partial charge in [0.2, 0.25) is 0 Å². The van der Waals surface area contributed by atoms with Crippen LogP contribution in [0.4, 0.5) is 11.5 Å². The second kappa shape index (κ2) is 8.92. The largest absolute Gasteiger partial charge is 0.377 e. The summed E-state index contributed by atoms with van der Waals surface area (Å²) in [5.41, 5.74) is 2.69. The predicted molar refractivity (Wildman–Crippen MR) is 125 cm³/mol. The Morgan fingerprint density at radius 2 is 1.67 bits per heavy atom. The van der Waals surface area contributed by atoms with Crippen molar-refractivity contribution in [1.82, 2.24) is 10.3 Å². The van der Waals surface area contributed by atoms with Gasteiger partial charge in [0.25, 0.3) is 5.91 Å². The van der Waals surface area contributed by atoms with Crippen LogP contribution in [0.25, 0.3) is 10.9 Å². The fraction of sp³-hybridized carbons (Fsp3) is 0.333. The molecule has 4 rings (SSSR count). The minimum Gasteiger partial charge on any atom is -0.377 e. The molecule has 1 fully saturated rings. The number of carbonyl (C=O) groups is 1. The number of amides is 1. The van der Waals surface area contributed by atoms with Gasteiger partial charge in [-0.25, -0.2) is 4.98 Å². The summed E-state index contributed by atoms with van der Waals surface area (Å²) in [6.07, 6.45) is 3.84. The number of nitrogens with zero attached hydrogens (tertiary/aromatic N) is 2. The van der Waals surface area contributed by atoms with E-state index in [-0.39, 0.29) is 11.9 Å². The summed E-state index contributed by atoms with van der Waals surface area (Å²) in [6.45, 7) is 0. The van der Waals surface area contributed by atoms with Crippen molar-refractivity contribution in [2.45, 2.75) is 37.8 Å². The van der Waals surface area contributed by atoms with Crippen LogP contribution in [0.5, 0.6) is 0 Å². The molecule has 1 saturated carbocycles. The van der Waals surface area contributed by atoms with E-state index in [0.29, 0.717) is 16.6 Å². The van der Waals surface area contributed by atoms with Crippen LogP contribution in [0.1, 0.15) is 36.0 Å². The van der Waals surface area contributed by atoms with Crippen molar-refractivity contribution in [1.29, 1.82) is 0 Å². The first-order valence-corrected chi connectivity index (χ1v) is 10.8.